The quantitative estimate of drug-likeness (QED) is 0.185. The zero-order chi connectivity index (χ0) is 17.3. The maximum absolute atomic E-state index is 11.2. The standard InChI is InChI=1S/C16H28N2O5.2Na.H2O/c1-3-5-6-13(4-2)16-17-7-8-18(16,11-14(19)20)9-10-23-12-15(21)22;;;/h13H,3-12H2,1-2H3,(H-,19,20,21,22);;;1H2/q;2*+1;/p-2. The Balaban J connectivity index is -0.00000176. The third kappa shape index (κ3) is 10.1. The van der Waals surface area contributed by atoms with E-state index in [0.29, 0.717) is 19.6 Å². The van der Waals surface area contributed by atoms with Crippen molar-refractivity contribution in [3.05, 3.63) is 0 Å². The van der Waals surface area contributed by atoms with E-state index in [2.05, 4.69) is 18.8 Å². The van der Waals surface area contributed by atoms with E-state index in [1.54, 1.807) is 0 Å². The van der Waals surface area contributed by atoms with Crippen molar-refractivity contribution < 1.29 is 93.6 Å². The molecule has 0 fully saturated rings. The number of quaternary nitrogens is 1. The molecule has 0 saturated heterocycles. The zero-order valence-corrected chi connectivity index (χ0v) is 20.5. The zero-order valence-electron chi connectivity index (χ0n) is 16.5. The van der Waals surface area contributed by atoms with Crippen molar-refractivity contribution in [2.45, 2.75) is 39.5 Å². The normalized spacial score (nSPS) is 19.4. The maximum Gasteiger partial charge on any atom is 1.00 e. The smallest absolute Gasteiger partial charge is 0.870 e. The summed E-state index contributed by atoms with van der Waals surface area (Å²) in [5, 5.41) is 21.7. The molecule has 1 N–H and O–H groups in total. The first-order chi connectivity index (χ1) is 10.9. The molecule has 0 saturated carbocycles. The monoisotopic (exact) mass is 390 g/mol. The number of aliphatic imine (C=N–C) groups is 1. The first-order valence-corrected chi connectivity index (χ1v) is 8.33. The Morgan fingerprint density at radius 2 is 1.88 bits per heavy atom. The van der Waals surface area contributed by atoms with Crippen LogP contribution in [-0.4, -0.2) is 67.1 Å². The van der Waals surface area contributed by atoms with Gasteiger partial charge in [0.25, 0.3) is 0 Å². The number of hydrogen-bond acceptors (Lipinski definition) is 7. The van der Waals surface area contributed by atoms with Crippen LogP contribution in [-0.2, 0) is 14.3 Å². The van der Waals surface area contributed by atoms with Gasteiger partial charge in [-0.1, -0.05) is 26.7 Å². The molecule has 0 aliphatic carbocycles. The molecular weight excluding hydrogens is 362 g/mol. The van der Waals surface area contributed by atoms with E-state index in [9.17, 15) is 19.8 Å². The molecule has 0 amide bonds. The van der Waals surface area contributed by atoms with Crippen LogP contribution >= 0.6 is 0 Å². The van der Waals surface area contributed by atoms with E-state index in [1.165, 1.54) is 0 Å². The van der Waals surface area contributed by atoms with E-state index in [0.717, 1.165) is 31.5 Å². The van der Waals surface area contributed by atoms with Crippen molar-refractivity contribution in [2.24, 2.45) is 10.9 Å². The van der Waals surface area contributed by atoms with Gasteiger partial charge < -0.3 is 30.0 Å². The molecule has 1 aliphatic heterocycles. The molecule has 0 spiro atoms. The van der Waals surface area contributed by atoms with Crippen LogP contribution in [0.2, 0.25) is 0 Å². The molecule has 2 unspecified atom stereocenters. The maximum atomic E-state index is 11.2. The molecule has 0 aromatic carbocycles. The van der Waals surface area contributed by atoms with Gasteiger partial charge in [0, 0.05) is 0 Å². The largest absolute Gasteiger partial charge is 1.00 e. The molecule has 0 aromatic rings. The molecule has 10 heteroatoms. The van der Waals surface area contributed by atoms with Crippen LogP contribution in [0.15, 0.2) is 4.99 Å². The Morgan fingerprint density at radius 1 is 1.23 bits per heavy atom. The molecule has 0 bridgehead atoms. The summed E-state index contributed by atoms with van der Waals surface area (Å²) in [5.74, 6) is -1.24. The summed E-state index contributed by atoms with van der Waals surface area (Å²) in [6.07, 6.45) is 4.05. The second kappa shape index (κ2) is 16.4. The van der Waals surface area contributed by atoms with Gasteiger partial charge in [-0.3, -0.25) is 4.48 Å². The molecule has 1 aliphatic rings. The van der Waals surface area contributed by atoms with Gasteiger partial charge in [0.05, 0.1) is 37.6 Å². The Morgan fingerprint density at radius 3 is 2.38 bits per heavy atom. The number of amidine groups is 1. The van der Waals surface area contributed by atoms with Crippen LogP contribution in [0.1, 0.15) is 39.5 Å². The van der Waals surface area contributed by atoms with Crippen molar-refractivity contribution >= 4 is 17.8 Å². The van der Waals surface area contributed by atoms with Crippen molar-refractivity contribution in [2.75, 3.05) is 39.4 Å². The first kappa shape index (κ1) is 31.2. The van der Waals surface area contributed by atoms with E-state index < -0.39 is 18.5 Å². The van der Waals surface area contributed by atoms with Crippen LogP contribution in [0.5, 0.6) is 0 Å². The van der Waals surface area contributed by atoms with Gasteiger partial charge in [0.15, 0.2) is 0 Å². The summed E-state index contributed by atoms with van der Waals surface area (Å²) in [7, 11) is 0. The molecule has 140 valence electrons. The molecule has 8 nitrogen and oxygen atoms in total. The number of aliphatic carboxylic acids is 2. The number of hydrogen-bond donors (Lipinski definition) is 0. The van der Waals surface area contributed by atoms with Crippen molar-refractivity contribution in [3.8, 4) is 0 Å². The van der Waals surface area contributed by atoms with Gasteiger partial charge in [-0.15, -0.1) is 0 Å². The predicted octanol–water partition coefficient (Wildman–Crippen LogP) is -7.22. The van der Waals surface area contributed by atoms with Crippen LogP contribution < -0.4 is 69.3 Å². The van der Waals surface area contributed by atoms with Crippen LogP contribution in [0, 0.1) is 5.92 Å². The molecule has 1 rings (SSSR count). The van der Waals surface area contributed by atoms with E-state index >= 15 is 0 Å². The van der Waals surface area contributed by atoms with Crippen molar-refractivity contribution in [1.29, 1.82) is 0 Å². The Kier molecular flexibility index (Phi) is 19.7. The summed E-state index contributed by atoms with van der Waals surface area (Å²) in [5.41, 5.74) is 0. The minimum Gasteiger partial charge on any atom is -0.870 e. The Labute approximate surface area is 199 Å². The minimum absolute atomic E-state index is 0. The summed E-state index contributed by atoms with van der Waals surface area (Å²) < 4.78 is 5.28. The van der Waals surface area contributed by atoms with Gasteiger partial charge in [-0.2, -0.15) is 0 Å². The molecular formula is C16H28N2Na2O6. The number of carboxylic acid groups (broad SMARTS) is 2. The number of unbranched alkanes of at least 4 members (excludes halogenated alkanes) is 1. The molecule has 2 atom stereocenters. The number of ether oxygens (including phenoxy) is 1. The van der Waals surface area contributed by atoms with Crippen molar-refractivity contribution in [3.63, 3.8) is 0 Å². The van der Waals surface area contributed by atoms with Gasteiger partial charge in [0.1, 0.15) is 19.6 Å². The molecule has 26 heavy (non-hydrogen) atoms. The number of rotatable bonds is 12. The van der Waals surface area contributed by atoms with Crippen LogP contribution in [0.25, 0.3) is 0 Å². The summed E-state index contributed by atoms with van der Waals surface area (Å²) in [6, 6.07) is 0. The van der Waals surface area contributed by atoms with E-state index in [-0.39, 0.29) is 88.1 Å². The second-order valence-electron chi connectivity index (χ2n) is 6.03. The summed E-state index contributed by atoms with van der Waals surface area (Å²) in [6.45, 7) is 5.32. The Hall–Kier alpha value is 0.490. The van der Waals surface area contributed by atoms with Crippen LogP contribution in [0.3, 0.4) is 0 Å². The number of carboxylic acids is 2. The van der Waals surface area contributed by atoms with Gasteiger partial charge in [0.2, 0.25) is 5.84 Å². The predicted molar refractivity (Wildman–Crippen MR) is 83.2 cm³/mol. The van der Waals surface area contributed by atoms with E-state index in [4.69, 9.17) is 4.74 Å². The van der Waals surface area contributed by atoms with Gasteiger partial charge >= 0.3 is 59.1 Å². The molecule has 0 radical (unpaired) electrons. The fourth-order valence-electron chi connectivity index (χ4n) is 3.21. The van der Waals surface area contributed by atoms with Crippen LogP contribution in [0.4, 0.5) is 0 Å². The number of carbonyl (C=O) groups excluding carboxylic acids is 2. The number of nitrogens with zero attached hydrogens (tertiary/aromatic N) is 2. The fraction of sp³-hybridized carbons (Fsp3) is 0.812. The topological polar surface area (TPSA) is 132 Å². The molecule has 0 aromatic heterocycles. The second-order valence-corrected chi connectivity index (χ2v) is 6.03. The third-order valence-corrected chi connectivity index (χ3v) is 4.37. The van der Waals surface area contributed by atoms with Gasteiger partial charge in [-0.05, 0) is 12.8 Å². The number of carbonyl (C=O) groups is 2. The summed E-state index contributed by atoms with van der Waals surface area (Å²) >= 11 is 0. The average Bonchev–Trinajstić information content (AvgIpc) is 2.87. The SMILES string of the molecule is CCCCC(CC)C1=NCC[N+]1(CCOCC(=O)[O-])CC(=O)[O-].[Na+].[Na+].[OH-]. The van der Waals surface area contributed by atoms with Crippen molar-refractivity contribution in [1.82, 2.24) is 0 Å². The first-order valence-electron chi connectivity index (χ1n) is 8.33. The Bertz CT molecular complexity index is 450. The van der Waals surface area contributed by atoms with E-state index in [1.807, 2.05) is 0 Å². The minimum atomic E-state index is -1.28. The molecule has 1 heterocycles. The summed E-state index contributed by atoms with van der Waals surface area (Å²) in [4.78, 5) is 26.3. The fourth-order valence-corrected chi connectivity index (χ4v) is 3.21. The average molecular weight is 390 g/mol. The van der Waals surface area contributed by atoms with Gasteiger partial charge in [-0.25, -0.2) is 4.99 Å². The third-order valence-electron chi connectivity index (χ3n) is 4.37.